The van der Waals surface area contributed by atoms with E-state index in [4.69, 9.17) is 16.2 Å². The van der Waals surface area contributed by atoms with Crippen LogP contribution in [-0.4, -0.2) is 15.9 Å². The molecule has 0 fully saturated rings. The molecule has 4 N–H and O–H groups in total. The lowest BCUT2D eigenvalue weighted by Crippen LogP contribution is -2.13. The zero-order chi connectivity index (χ0) is 14.8. The highest BCUT2D eigenvalue weighted by Gasteiger charge is 2.14. The number of primary amides is 1. The van der Waals surface area contributed by atoms with Crippen LogP contribution < -0.4 is 16.2 Å². The number of carbonyl (C=O) groups is 1. The number of aromatic nitrogens is 2. The maximum Gasteiger partial charge on any atom is 0.254 e. The van der Waals surface area contributed by atoms with E-state index in [9.17, 15) is 4.79 Å². The molecule has 0 atom stereocenters. The van der Waals surface area contributed by atoms with Crippen LogP contribution in [0.25, 0.3) is 10.9 Å². The predicted molar refractivity (Wildman–Crippen MR) is 79.0 cm³/mol. The first-order chi connectivity index (χ1) is 10.1. The van der Waals surface area contributed by atoms with Gasteiger partial charge in [0.05, 0.1) is 11.9 Å². The lowest BCUT2D eigenvalue weighted by atomic mass is 10.2. The molecule has 0 bridgehead atoms. The molecular formula is C15H12N4O2. The monoisotopic (exact) mass is 280 g/mol. The Labute approximate surface area is 120 Å². The molecule has 0 aliphatic carbocycles. The summed E-state index contributed by atoms with van der Waals surface area (Å²) >= 11 is 0. The van der Waals surface area contributed by atoms with Crippen LogP contribution in [0.5, 0.6) is 11.6 Å². The predicted octanol–water partition coefficient (Wildman–Crippen LogP) is 2.10. The Balaban J connectivity index is 2.09. The number of benzene rings is 1. The molecule has 2 heterocycles. The van der Waals surface area contributed by atoms with Crippen molar-refractivity contribution in [3.05, 3.63) is 54.4 Å². The number of nitrogen functional groups attached to an aromatic ring is 1. The minimum atomic E-state index is -0.655. The van der Waals surface area contributed by atoms with E-state index in [1.54, 1.807) is 12.3 Å². The number of rotatable bonds is 3. The van der Waals surface area contributed by atoms with Gasteiger partial charge in [-0.2, -0.15) is 0 Å². The molecule has 0 unspecified atom stereocenters. The number of fused-ring (bicyclic) bond motifs is 1. The Hall–Kier alpha value is -3.15. The maximum atomic E-state index is 11.5. The first-order valence-corrected chi connectivity index (χ1v) is 6.22. The van der Waals surface area contributed by atoms with E-state index in [-0.39, 0.29) is 11.4 Å². The largest absolute Gasteiger partial charge is 0.436 e. The highest BCUT2D eigenvalue weighted by Crippen LogP contribution is 2.29. The van der Waals surface area contributed by atoms with Crippen molar-refractivity contribution in [1.82, 2.24) is 9.97 Å². The SMILES string of the molecule is NC(=O)c1cc(N)cnc1Oc1cccc2cccnc12. The number of carbonyl (C=O) groups excluding carboxylic acids is 1. The number of ether oxygens (including phenoxy) is 1. The molecule has 0 saturated heterocycles. The summed E-state index contributed by atoms with van der Waals surface area (Å²) in [5, 5.41) is 0.922. The summed E-state index contributed by atoms with van der Waals surface area (Å²) in [7, 11) is 0. The van der Waals surface area contributed by atoms with Crippen molar-refractivity contribution >= 4 is 22.5 Å². The summed E-state index contributed by atoms with van der Waals surface area (Å²) in [6.07, 6.45) is 3.07. The third-order valence-electron chi connectivity index (χ3n) is 2.94. The van der Waals surface area contributed by atoms with E-state index >= 15 is 0 Å². The summed E-state index contributed by atoms with van der Waals surface area (Å²) in [6, 6.07) is 10.7. The van der Waals surface area contributed by atoms with Crippen molar-refractivity contribution < 1.29 is 9.53 Å². The third kappa shape index (κ3) is 2.46. The van der Waals surface area contributed by atoms with Crippen LogP contribution in [0, 0.1) is 0 Å². The molecule has 3 rings (SSSR count). The van der Waals surface area contributed by atoms with Crippen LogP contribution >= 0.6 is 0 Å². The normalized spacial score (nSPS) is 10.5. The third-order valence-corrected chi connectivity index (χ3v) is 2.94. The van der Waals surface area contributed by atoms with Gasteiger partial charge in [-0.1, -0.05) is 18.2 Å². The fraction of sp³-hybridized carbons (Fsp3) is 0. The van der Waals surface area contributed by atoms with Gasteiger partial charge in [0.25, 0.3) is 5.91 Å². The summed E-state index contributed by atoms with van der Waals surface area (Å²) in [5.41, 5.74) is 12.1. The number of nitrogens with zero attached hydrogens (tertiary/aromatic N) is 2. The fourth-order valence-electron chi connectivity index (χ4n) is 1.99. The summed E-state index contributed by atoms with van der Waals surface area (Å²) < 4.78 is 5.71. The lowest BCUT2D eigenvalue weighted by molar-refractivity contribution is 0.0997. The molecule has 6 heteroatoms. The Kier molecular flexibility index (Phi) is 3.12. The van der Waals surface area contributed by atoms with Crippen molar-refractivity contribution in [3.63, 3.8) is 0 Å². The van der Waals surface area contributed by atoms with Crippen molar-refractivity contribution in [2.45, 2.75) is 0 Å². The topological polar surface area (TPSA) is 104 Å². The molecular weight excluding hydrogens is 268 g/mol. The first kappa shape index (κ1) is 12.9. The molecule has 21 heavy (non-hydrogen) atoms. The van der Waals surface area contributed by atoms with E-state index in [2.05, 4.69) is 9.97 Å². The molecule has 0 aliphatic heterocycles. The van der Waals surface area contributed by atoms with Gasteiger partial charge >= 0.3 is 0 Å². The summed E-state index contributed by atoms with van der Waals surface area (Å²) in [5.74, 6) is -0.0549. The van der Waals surface area contributed by atoms with Gasteiger partial charge in [0, 0.05) is 11.6 Å². The molecule has 1 amide bonds. The number of hydrogen-bond acceptors (Lipinski definition) is 5. The van der Waals surface area contributed by atoms with Gasteiger partial charge < -0.3 is 16.2 Å². The Bertz CT molecular complexity index is 828. The number of hydrogen-bond donors (Lipinski definition) is 2. The second kappa shape index (κ2) is 5.09. The van der Waals surface area contributed by atoms with Crippen molar-refractivity contribution in [1.29, 1.82) is 0 Å². The number of pyridine rings is 2. The van der Waals surface area contributed by atoms with Crippen LogP contribution in [-0.2, 0) is 0 Å². The summed E-state index contributed by atoms with van der Waals surface area (Å²) in [6.45, 7) is 0. The van der Waals surface area contributed by atoms with Gasteiger partial charge in [-0.25, -0.2) is 4.98 Å². The number of amides is 1. The minimum absolute atomic E-state index is 0.106. The smallest absolute Gasteiger partial charge is 0.254 e. The van der Waals surface area contributed by atoms with Gasteiger partial charge in [-0.3, -0.25) is 9.78 Å². The Morgan fingerprint density at radius 2 is 1.95 bits per heavy atom. The number of nitrogens with two attached hydrogens (primary N) is 2. The zero-order valence-corrected chi connectivity index (χ0v) is 11.0. The second-order valence-corrected chi connectivity index (χ2v) is 4.42. The van der Waals surface area contributed by atoms with E-state index in [0.29, 0.717) is 17.0 Å². The zero-order valence-electron chi connectivity index (χ0n) is 11.0. The highest BCUT2D eigenvalue weighted by molar-refractivity contribution is 5.96. The molecule has 104 valence electrons. The number of para-hydroxylation sites is 1. The van der Waals surface area contributed by atoms with Crippen LogP contribution in [0.15, 0.2) is 48.8 Å². The van der Waals surface area contributed by atoms with E-state index in [0.717, 1.165) is 5.39 Å². The van der Waals surface area contributed by atoms with Gasteiger partial charge in [0.1, 0.15) is 11.1 Å². The van der Waals surface area contributed by atoms with Crippen LogP contribution in [0.3, 0.4) is 0 Å². The molecule has 3 aromatic rings. The highest BCUT2D eigenvalue weighted by atomic mass is 16.5. The number of anilines is 1. The average Bonchev–Trinajstić information content (AvgIpc) is 2.49. The van der Waals surface area contributed by atoms with E-state index in [1.165, 1.54) is 12.3 Å². The van der Waals surface area contributed by atoms with Gasteiger partial charge in [-0.05, 0) is 18.2 Å². The van der Waals surface area contributed by atoms with Gasteiger partial charge in [-0.15, -0.1) is 0 Å². The van der Waals surface area contributed by atoms with Gasteiger partial charge in [0.15, 0.2) is 5.75 Å². The molecule has 0 spiro atoms. The maximum absolute atomic E-state index is 11.5. The fourth-order valence-corrected chi connectivity index (χ4v) is 1.99. The van der Waals surface area contributed by atoms with E-state index < -0.39 is 5.91 Å². The van der Waals surface area contributed by atoms with E-state index in [1.807, 2.05) is 24.3 Å². The summed E-state index contributed by atoms with van der Waals surface area (Å²) in [4.78, 5) is 19.8. The molecule has 1 aromatic carbocycles. The molecule has 0 saturated carbocycles. The minimum Gasteiger partial charge on any atom is -0.436 e. The van der Waals surface area contributed by atoms with Gasteiger partial charge in [0.2, 0.25) is 5.88 Å². The molecule has 0 radical (unpaired) electrons. The van der Waals surface area contributed by atoms with Crippen LogP contribution in [0.2, 0.25) is 0 Å². The molecule has 6 nitrogen and oxygen atoms in total. The average molecular weight is 280 g/mol. The van der Waals surface area contributed by atoms with Crippen LogP contribution in [0.1, 0.15) is 10.4 Å². The van der Waals surface area contributed by atoms with Crippen LogP contribution in [0.4, 0.5) is 5.69 Å². The van der Waals surface area contributed by atoms with Crippen molar-refractivity contribution in [2.24, 2.45) is 5.73 Å². The Morgan fingerprint density at radius 3 is 2.76 bits per heavy atom. The quantitative estimate of drug-likeness (QED) is 0.764. The Morgan fingerprint density at radius 1 is 1.14 bits per heavy atom. The second-order valence-electron chi connectivity index (χ2n) is 4.42. The van der Waals surface area contributed by atoms with Crippen molar-refractivity contribution in [2.75, 3.05) is 5.73 Å². The first-order valence-electron chi connectivity index (χ1n) is 6.22. The molecule has 0 aliphatic rings. The standard InChI is InChI=1S/C15H12N4O2/c16-10-7-11(14(17)20)15(19-8-10)21-12-5-1-3-9-4-2-6-18-13(9)12/h1-8H,16H2,(H2,17,20). The molecule has 2 aromatic heterocycles. The lowest BCUT2D eigenvalue weighted by Gasteiger charge is -2.10. The van der Waals surface area contributed by atoms with Crippen molar-refractivity contribution in [3.8, 4) is 11.6 Å².